The van der Waals surface area contributed by atoms with Crippen LogP contribution in [0.25, 0.3) is 5.95 Å². The number of hydrogen-bond donors (Lipinski definition) is 2. The van der Waals surface area contributed by atoms with E-state index in [1.807, 2.05) is 0 Å². The van der Waals surface area contributed by atoms with Gasteiger partial charge in [-0.15, -0.1) is 0 Å². The van der Waals surface area contributed by atoms with Crippen molar-refractivity contribution in [3.05, 3.63) is 40.6 Å². The van der Waals surface area contributed by atoms with Crippen LogP contribution in [0.15, 0.2) is 29.5 Å². The number of aromatic amines is 1. The Balaban J connectivity index is 2.52. The van der Waals surface area contributed by atoms with Crippen LogP contribution in [-0.2, 0) is 0 Å². The molecule has 0 aliphatic carbocycles. The topological polar surface area (TPSA) is 107 Å². The van der Waals surface area contributed by atoms with Gasteiger partial charge in [-0.3, -0.25) is 14.6 Å². The summed E-state index contributed by atoms with van der Waals surface area (Å²) in [6.45, 7) is 0. The number of carbonyl (C=O) groups excluding carboxylic acids is 1. The lowest BCUT2D eigenvalue weighted by Gasteiger charge is -1.99. The number of nitrogens with two attached hydrogens (primary N) is 1. The molecule has 0 unspecified atom stereocenters. The van der Waals surface area contributed by atoms with Gasteiger partial charge in [-0.2, -0.15) is 5.10 Å². The summed E-state index contributed by atoms with van der Waals surface area (Å²) in [5, 5.41) is 3.87. The Morgan fingerprint density at radius 2 is 2.33 bits per heavy atom. The molecule has 2 heterocycles. The highest BCUT2D eigenvalue weighted by molar-refractivity contribution is 5.91. The number of primary amides is 1. The Morgan fingerprint density at radius 1 is 1.53 bits per heavy atom. The lowest BCUT2D eigenvalue weighted by molar-refractivity contribution is 0.0998. The minimum Gasteiger partial charge on any atom is -0.365 e. The third-order valence-electron chi connectivity index (χ3n) is 1.77. The van der Waals surface area contributed by atoms with E-state index < -0.39 is 11.5 Å². The molecule has 7 nitrogen and oxygen atoms in total. The molecule has 0 fully saturated rings. The van der Waals surface area contributed by atoms with E-state index in [9.17, 15) is 9.59 Å². The molecule has 3 N–H and O–H groups in total. The van der Waals surface area contributed by atoms with Crippen LogP contribution in [0, 0.1) is 0 Å². The summed E-state index contributed by atoms with van der Waals surface area (Å²) in [6.07, 6.45) is 4.28. The summed E-state index contributed by atoms with van der Waals surface area (Å²) in [6, 6.07) is 1.68. The summed E-state index contributed by atoms with van der Waals surface area (Å²) in [5.41, 5.74) is 4.21. The number of amides is 1. The second kappa shape index (κ2) is 3.37. The van der Waals surface area contributed by atoms with Crippen LogP contribution in [0.2, 0.25) is 0 Å². The van der Waals surface area contributed by atoms with Crippen molar-refractivity contribution in [3.8, 4) is 5.95 Å². The molecule has 0 bridgehead atoms. The maximum atomic E-state index is 11.3. The predicted molar refractivity (Wildman–Crippen MR) is 50.5 cm³/mol. The number of rotatable bonds is 2. The van der Waals surface area contributed by atoms with E-state index in [0.29, 0.717) is 0 Å². The molecule has 0 aliphatic heterocycles. The average molecular weight is 205 g/mol. The Labute approximate surface area is 83.6 Å². The molecule has 1 amide bonds. The fraction of sp³-hybridized carbons (Fsp3) is 0. The third-order valence-corrected chi connectivity index (χ3v) is 1.77. The number of hydrogen-bond acceptors (Lipinski definition) is 4. The van der Waals surface area contributed by atoms with E-state index in [2.05, 4.69) is 15.1 Å². The largest absolute Gasteiger partial charge is 0.365 e. The molecule has 0 saturated heterocycles. The molecule has 2 rings (SSSR count). The van der Waals surface area contributed by atoms with Crippen molar-refractivity contribution in [3.63, 3.8) is 0 Å². The number of H-pyrrole nitrogens is 1. The lowest BCUT2D eigenvalue weighted by atomic mass is 10.3. The Morgan fingerprint density at radius 3 is 2.87 bits per heavy atom. The maximum Gasteiger partial charge on any atom is 0.265 e. The second-order valence-corrected chi connectivity index (χ2v) is 2.76. The zero-order valence-corrected chi connectivity index (χ0v) is 7.54. The summed E-state index contributed by atoms with van der Waals surface area (Å²) in [7, 11) is 0. The molecule has 2 aromatic rings. The molecule has 0 aliphatic rings. The predicted octanol–water partition coefficient (Wildman–Crippen LogP) is -0.946. The molecule has 0 spiro atoms. The van der Waals surface area contributed by atoms with Gasteiger partial charge in [-0.1, -0.05) is 0 Å². The van der Waals surface area contributed by atoms with E-state index in [-0.39, 0.29) is 11.5 Å². The van der Waals surface area contributed by atoms with Crippen LogP contribution < -0.4 is 11.3 Å². The van der Waals surface area contributed by atoms with Gasteiger partial charge in [0.15, 0.2) is 0 Å². The van der Waals surface area contributed by atoms with E-state index in [1.54, 1.807) is 18.5 Å². The molecular weight excluding hydrogens is 198 g/mol. The van der Waals surface area contributed by atoms with E-state index in [1.165, 1.54) is 4.68 Å². The quantitative estimate of drug-likeness (QED) is 0.659. The van der Waals surface area contributed by atoms with Crippen molar-refractivity contribution in [1.82, 2.24) is 19.7 Å². The normalized spacial score (nSPS) is 10.1. The SMILES string of the molecule is NC(=O)c1cnc(-n2cccn2)[nH]c1=O. The first-order valence-electron chi connectivity index (χ1n) is 4.07. The molecular formula is C8H7N5O2. The molecule has 7 heteroatoms. The average Bonchev–Trinajstić information content (AvgIpc) is 2.69. The highest BCUT2D eigenvalue weighted by Gasteiger charge is 2.08. The van der Waals surface area contributed by atoms with Gasteiger partial charge in [0.25, 0.3) is 11.5 Å². The van der Waals surface area contributed by atoms with Crippen molar-refractivity contribution in [2.45, 2.75) is 0 Å². The number of nitrogens with one attached hydrogen (secondary N) is 1. The van der Waals surface area contributed by atoms with Crippen LogP contribution >= 0.6 is 0 Å². The molecule has 15 heavy (non-hydrogen) atoms. The van der Waals surface area contributed by atoms with Crippen LogP contribution in [0.4, 0.5) is 0 Å². The highest BCUT2D eigenvalue weighted by Crippen LogP contribution is 1.95. The van der Waals surface area contributed by atoms with Gasteiger partial charge in [0, 0.05) is 18.6 Å². The van der Waals surface area contributed by atoms with Crippen molar-refractivity contribution >= 4 is 5.91 Å². The van der Waals surface area contributed by atoms with Gasteiger partial charge in [0.1, 0.15) is 5.56 Å². The fourth-order valence-corrected chi connectivity index (χ4v) is 1.07. The van der Waals surface area contributed by atoms with Gasteiger partial charge in [0.2, 0.25) is 5.95 Å². The summed E-state index contributed by atoms with van der Waals surface area (Å²) in [5.74, 6) is -0.578. The lowest BCUT2D eigenvalue weighted by Crippen LogP contribution is -2.25. The first-order valence-corrected chi connectivity index (χ1v) is 4.07. The second-order valence-electron chi connectivity index (χ2n) is 2.76. The van der Waals surface area contributed by atoms with Crippen molar-refractivity contribution < 1.29 is 4.79 Å². The van der Waals surface area contributed by atoms with Crippen molar-refractivity contribution in [2.24, 2.45) is 5.73 Å². The standard InChI is InChI=1S/C8H7N5O2/c9-6(14)5-4-10-8(12-7(5)15)13-3-1-2-11-13/h1-4H,(H2,9,14)(H,10,12,15). The van der Waals surface area contributed by atoms with E-state index in [0.717, 1.165) is 6.20 Å². The highest BCUT2D eigenvalue weighted by atomic mass is 16.2. The molecule has 0 atom stereocenters. The van der Waals surface area contributed by atoms with E-state index >= 15 is 0 Å². The summed E-state index contributed by atoms with van der Waals surface area (Å²) >= 11 is 0. The minimum absolute atomic E-state index is 0.175. The van der Waals surface area contributed by atoms with E-state index in [4.69, 9.17) is 5.73 Å². The Hall–Kier alpha value is -2.44. The van der Waals surface area contributed by atoms with Gasteiger partial charge >= 0.3 is 0 Å². The molecule has 76 valence electrons. The zero-order valence-electron chi connectivity index (χ0n) is 7.54. The van der Waals surface area contributed by atoms with Crippen molar-refractivity contribution in [1.29, 1.82) is 0 Å². The monoisotopic (exact) mass is 205 g/mol. The zero-order chi connectivity index (χ0) is 10.8. The number of carbonyl (C=O) groups is 1. The summed E-state index contributed by atoms with van der Waals surface area (Å²) < 4.78 is 1.37. The minimum atomic E-state index is -0.809. The number of nitrogens with zero attached hydrogens (tertiary/aromatic N) is 3. The van der Waals surface area contributed by atoms with Gasteiger partial charge < -0.3 is 5.73 Å². The van der Waals surface area contributed by atoms with Crippen molar-refractivity contribution in [2.75, 3.05) is 0 Å². The smallest absolute Gasteiger partial charge is 0.265 e. The van der Waals surface area contributed by atoms with Crippen LogP contribution in [-0.4, -0.2) is 25.7 Å². The van der Waals surface area contributed by atoms with Crippen LogP contribution in [0.5, 0.6) is 0 Å². The number of aromatic nitrogens is 4. The Kier molecular flexibility index (Phi) is 2.05. The first kappa shape index (κ1) is 9.13. The third kappa shape index (κ3) is 1.62. The molecule has 0 aromatic carbocycles. The van der Waals surface area contributed by atoms with Gasteiger partial charge in [0.05, 0.1) is 0 Å². The fourth-order valence-electron chi connectivity index (χ4n) is 1.07. The van der Waals surface area contributed by atoms with Crippen LogP contribution in [0.1, 0.15) is 10.4 Å². The first-order chi connectivity index (χ1) is 7.18. The molecule has 2 aromatic heterocycles. The van der Waals surface area contributed by atoms with Gasteiger partial charge in [-0.25, -0.2) is 9.67 Å². The molecule has 0 radical (unpaired) electrons. The molecule has 0 saturated carbocycles. The maximum absolute atomic E-state index is 11.3. The van der Waals surface area contributed by atoms with Gasteiger partial charge in [-0.05, 0) is 6.07 Å². The summed E-state index contributed by atoms with van der Waals surface area (Å²) in [4.78, 5) is 28.3. The van der Waals surface area contributed by atoms with Crippen LogP contribution in [0.3, 0.4) is 0 Å². The Bertz CT molecular complexity index is 542.